The zero-order valence-electron chi connectivity index (χ0n) is 17.7. The molecule has 1 saturated heterocycles. The summed E-state index contributed by atoms with van der Waals surface area (Å²) in [5.74, 6) is -0.274. The van der Waals surface area contributed by atoms with Crippen molar-refractivity contribution in [2.45, 2.75) is 51.9 Å². The number of rotatable bonds is 8. The molecule has 2 rings (SSSR count). The molecule has 1 heterocycles. The zero-order valence-corrected chi connectivity index (χ0v) is 18.5. The number of benzene rings is 1. The summed E-state index contributed by atoms with van der Waals surface area (Å²) in [4.78, 5) is 14.7. The summed E-state index contributed by atoms with van der Waals surface area (Å²) in [7, 11) is -3.54. The van der Waals surface area contributed by atoms with E-state index < -0.39 is 10.0 Å². The summed E-state index contributed by atoms with van der Waals surface area (Å²) >= 11 is 0. The van der Waals surface area contributed by atoms with Crippen molar-refractivity contribution < 1.29 is 13.2 Å². The Labute approximate surface area is 170 Å². The Bertz CT molecular complexity index is 733. The first-order valence-corrected chi connectivity index (χ1v) is 12.0. The average Bonchev–Trinajstić information content (AvgIpc) is 2.63. The molecule has 1 aliphatic heterocycles. The first kappa shape index (κ1) is 22.7. The highest BCUT2D eigenvalue weighted by atomic mass is 32.2. The van der Waals surface area contributed by atoms with Gasteiger partial charge in [-0.05, 0) is 62.0 Å². The molecular formula is C21H35N3O3S. The van der Waals surface area contributed by atoms with Gasteiger partial charge in [0.25, 0.3) is 0 Å². The minimum absolute atomic E-state index is 0.0137. The lowest BCUT2D eigenvalue weighted by Crippen LogP contribution is -2.41. The number of nitrogens with zero attached hydrogens (tertiary/aromatic N) is 2. The first-order valence-electron chi connectivity index (χ1n) is 10.1. The Kier molecular flexibility index (Phi) is 7.89. The molecule has 0 saturated carbocycles. The van der Waals surface area contributed by atoms with Crippen LogP contribution in [0, 0.1) is 0 Å². The van der Waals surface area contributed by atoms with Crippen molar-refractivity contribution in [3.8, 4) is 0 Å². The van der Waals surface area contributed by atoms with Gasteiger partial charge in [-0.25, -0.2) is 8.42 Å². The van der Waals surface area contributed by atoms with E-state index in [9.17, 15) is 13.2 Å². The number of carbonyl (C=O) groups is 1. The van der Waals surface area contributed by atoms with Gasteiger partial charge in [0.2, 0.25) is 15.9 Å². The van der Waals surface area contributed by atoms with Gasteiger partial charge in [0.1, 0.15) is 6.54 Å². The van der Waals surface area contributed by atoms with E-state index in [1.807, 2.05) is 12.1 Å². The van der Waals surface area contributed by atoms with Crippen LogP contribution in [0.1, 0.15) is 52.0 Å². The predicted octanol–water partition coefficient (Wildman–Crippen LogP) is 2.74. The van der Waals surface area contributed by atoms with E-state index in [4.69, 9.17) is 0 Å². The number of likely N-dealkylation sites (tertiary alicyclic amines) is 1. The minimum atomic E-state index is -3.54. The van der Waals surface area contributed by atoms with E-state index in [-0.39, 0.29) is 17.9 Å². The number of sulfonamides is 1. The van der Waals surface area contributed by atoms with E-state index in [0.717, 1.165) is 37.9 Å². The Hall–Kier alpha value is -1.60. The summed E-state index contributed by atoms with van der Waals surface area (Å²) in [5, 5.41) is 2.86. The number of amides is 1. The minimum Gasteiger partial charge on any atom is -0.354 e. The smallest absolute Gasteiger partial charge is 0.240 e. The molecule has 158 valence electrons. The van der Waals surface area contributed by atoms with Crippen LogP contribution in [-0.4, -0.2) is 58.2 Å². The summed E-state index contributed by atoms with van der Waals surface area (Å²) in [6.45, 7) is 9.94. The maximum Gasteiger partial charge on any atom is 0.240 e. The molecule has 1 aromatic rings. The molecule has 0 spiro atoms. The SMILES string of the molecule is CC(C)(C)c1ccc(N(CC(=O)NCCCN2CCCCC2)S(C)(=O)=O)cc1. The molecule has 1 aromatic carbocycles. The molecule has 1 amide bonds. The van der Waals surface area contributed by atoms with Gasteiger partial charge < -0.3 is 10.2 Å². The fourth-order valence-electron chi connectivity index (χ4n) is 3.43. The third-order valence-corrected chi connectivity index (χ3v) is 6.27. The van der Waals surface area contributed by atoms with Gasteiger partial charge in [0.15, 0.2) is 0 Å². The van der Waals surface area contributed by atoms with E-state index in [0.29, 0.717) is 12.2 Å². The van der Waals surface area contributed by atoms with Crippen molar-refractivity contribution >= 4 is 21.6 Å². The number of hydrogen-bond acceptors (Lipinski definition) is 4. The van der Waals surface area contributed by atoms with Gasteiger partial charge in [-0.15, -0.1) is 0 Å². The molecule has 1 fully saturated rings. The molecule has 0 atom stereocenters. The Morgan fingerprint density at radius 2 is 1.71 bits per heavy atom. The van der Waals surface area contributed by atoms with Crippen LogP contribution in [0.4, 0.5) is 5.69 Å². The van der Waals surface area contributed by atoms with Crippen molar-refractivity contribution in [1.82, 2.24) is 10.2 Å². The normalized spacial score (nSPS) is 16.0. The summed E-state index contributed by atoms with van der Waals surface area (Å²) in [6.07, 6.45) is 5.83. The topological polar surface area (TPSA) is 69.7 Å². The van der Waals surface area contributed by atoms with Crippen molar-refractivity contribution in [3.63, 3.8) is 0 Å². The van der Waals surface area contributed by atoms with E-state index >= 15 is 0 Å². The van der Waals surface area contributed by atoms with Gasteiger partial charge in [-0.1, -0.05) is 39.3 Å². The van der Waals surface area contributed by atoms with Crippen molar-refractivity contribution in [2.24, 2.45) is 0 Å². The number of anilines is 1. The average molecular weight is 410 g/mol. The molecular weight excluding hydrogens is 374 g/mol. The van der Waals surface area contributed by atoms with Crippen LogP contribution in [0.2, 0.25) is 0 Å². The number of carbonyl (C=O) groups excluding carboxylic acids is 1. The first-order chi connectivity index (χ1) is 13.1. The van der Waals surface area contributed by atoms with E-state index in [1.165, 1.54) is 23.6 Å². The fraction of sp³-hybridized carbons (Fsp3) is 0.667. The molecule has 0 aromatic heterocycles. The molecule has 28 heavy (non-hydrogen) atoms. The van der Waals surface area contributed by atoms with Crippen molar-refractivity contribution in [2.75, 3.05) is 43.3 Å². The van der Waals surface area contributed by atoms with Crippen LogP contribution < -0.4 is 9.62 Å². The van der Waals surface area contributed by atoms with Gasteiger partial charge in [-0.2, -0.15) is 0 Å². The van der Waals surface area contributed by atoms with Crippen LogP contribution in [0.3, 0.4) is 0 Å². The maximum atomic E-state index is 12.3. The quantitative estimate of drug-likeness (QED) is 0.670. The Balaban J connectivity index is 1.90. The Morgan fingerprint density at radius 1 is 1.11 bits per heavy atom. The predicted molar refractivity (Wildman–Crippen MR) is 115 cm³/mol. The summed E-state index contributed by atoms with van der Waals surface area (Å²) < 4.78 is 25.6. The van der Waals surface area contributed by atoms with E-state index in [1.54, 1.807) is 12.1 Å². The second-order valence-corrected chi connectivity index (χ2v) is 10.6. The van der Waals surface area contributed by atoms with Crippen LogP contribution in [0.25, 0.3) is 0 Å². The number of nitrogens with one attached hydrogen (secondary N) is 1. The van der Waals surface area contributed by atoms with Crippen molar-refractivity contribution in [1.29, 1.82) is 0 Å². The highest BCUT2D eigenvalue weighted by molar-refractivity contribution is 7.92. The highest BCUT2D eigenvalue weighted by Crippen LogP contribution is 2.25. The molecule has 0 aliphatic carbocycles. The second kappa shape index (κ2) is 9.74. The number of hydrogen-bond donors (Lipinski definition) is 1. The van der Waals surface area contributed by atoms with Crippen LogP contribution in [-0.2, 0) is 20.2 Å². The second-order valence-electron chi connectivity index (χ2n) is 8.67. The molecule has 7 heteroatoms. The Morgan fingerprint density at radius 3 is 2.25 bits per heavy atom. The van der Waals surface area contributed by atoms with Gasteiger partial charge in [-0.3, -0.25) is 9.10 Å². The summed E-state index contributed by atoms with van der Waals surface area (Å²) in [6, 6.07) is 7.38. The van der Waals surface area contributed by atoms with Crippen molar-refractivity contribution in [3.05, 3.63) is 29.8 Å². The molecule has 1 N–H and O–H groups in total. The van der Waals surface area contributed by atoms with Gasteiger partial charge in [0.05, 0.1) is 11.9 Å². The molecule has 0 radical (unpaired) electrons. The third kappa shape index (κ3) is 7.09. The maximum absolute atomic E-state index is 12.3. The molecule has 1 aliphatic rings. The monoisotopic (exact) mass is 409 g/mol. The lowest BCUT2D eigenvalue weighted by Gasteiger charge is -2.26. The zero-order chi connectivity index (χ0) is 20.8. The standard InChI is InChI=1S/C21H35N3O3S/c1-21(2,3)18-9-11-19(12-10-18)24(28(4,26)27)17-20(25)22-13-8-16-23-14-6-5-7-15-23/h9-12H,5-8,13-17H2,1-4H3,(H,22,25). The highest BCUT2D eigenvalue weighted by Gasteiger charge is 2.22. The summed E-state index contributed by atoms with van der Waals surface area (Å²) in [5.41, 5.74) is 1.62. The largest absolute Gasteiger partial charge is 0.354 e. The van der Waals surface area contributed by atoms with Crippen LogP contribution in [0.5, 0.6) is 0 Å². The number of piperidine rings is 1. The third-order valence-electron chi connectivity index (χ3n) is 5.13. The van der Waals surface area contributed by atoms with Gasteiger partial charge >= 0.3 is 0 Å². The van der Waals surface area contributed by atoms with Crippen LogP contribution in [0.15, 0.2) is 24.3 Å². The molecule has 0 bridgehead atoms. The molecule has 0 unspecified atom stereocenters. The fourth-order valence-corrected chi connectivity index (χ4v) is 4.28. The molecule has 6 nitrogen and oxygen atoms in total. The lowest BCUT2D eigenvalue weighted by molar-refractivity contribution is -0.119. The lowest BCUT2D eigenvalue weighted by atomic mass is 9.87. The van der Waals surface area contributed by atoms with Gasteiger partial charge in [0, 0.05) is 6.54 Å². The van der Waals surface area contributed by atoms with E-state index in [2.05, 4.69) is 31.0 Å². The van der Waals surface area contributed by atoms with Crippen LogP contribution >= 0.6 is 0 Å².